The first-order valence-electron chi connectivity index (χ1n) is 8.11. The van der Waals surface area contributed by atoms with E-state index < -0.39 is 0 Å². The molecule has 0 heterocycles. The number of hydrogen-bond donors (Lipinski definition) is 0. The topological polar surface area (TPSA) is 29.4 Å². The summed E-state index contributed by atoms with van der Waals surface area (Å²) in [6.45, 7) is 2.04. The monoisotopic (exact) mass is 317 g/mol. The zero-order valence-corrected chi connectivity index (χ0v) is 14.3. The van der Waals surface area contributed by atoms with Crippen molar-refractivity contribution < 1.29 is 4.79 Å². The van der Waals surface area contributed by atoms with E-state index in [9.17, 15) is 4.79 Å². The SMILES string of the molecule is CN=C(/C=C\CC(=O)Cc1ccc(C)cc1)/C=C/c1ccccc1. The van der Waals surface area contributed by atoms with E-state index in [0.717, 1.165) is 16.8 Å². The first-order chi connectivity index (χ1) is 11.7. The summed E-state index contributed by atoms with van der Waals surface area (Å²) in [5.41, 5.74) is 4.25. The number of Topliss-reactive ketones (excluding diaryl/α,β-unsaturated/α-hetero) is 1. The van der Waals surface area contributed by atoms with Crippen LogP contribution in [0.3, 0.4) is 0 Å². The van der Waals surface area contributed by atoms with Gasteiger partial charge in [0.25, 0.3) is 0 Å². The fourth-order valence-electron chi connectivity index (χ4n) is 2.27. The van der Waals surface area contributed by atoms with Crippen LogP contribution >= 0.6 is 0 Å². The van der Waals surface area contributed by atoms with Crippen LogP contribution in [0, 0.1) is 6.92 Å². The van der Waals surface area contributed by atoms with Crippen molar-refractivity contribution in [3.63, 3.8) is 0 Å². The van der Waals surface area contributed by atoms with Gasteiger partial charge in [0.2, 0.25) is 0 Å². The van der Waals surface area contributed by atoms with Crippen LogP contribution < -0.4 is 0 Å². The number of allylic oxidation sites excluding steroid dienone is 3. The van der Waals surface area contributed by atoms with E-state index in [-0.39, 0.29) is 5.78 Å². The zero-order valence-electron chi connectivity index (χ0n) is 14.3. The summed E-state index contributed by atoms with van der Waals surface area (Å²) in [4.78, 5) is 16.3. The molecule has 2 aromatic rings. The minimum atomic E-state index is 0.206. The molecule has 0 spiro atoms. The van der Waals surface area contributed by atoms with Crippen LogP contribution in [0.5, 0.6) is 0 Å². The first kappa shape index (κ1) is 17.6. The molecule has 0 N–H and O–H groups in total. The highest BCUT2D eigenvalue weighted by molar-refractivity contribution is 6.06. The lowest BCUT2D eigenvalue weighted by atomic mass is 10.1. The van der Waals surface area contributed by atoms with Crippen LogP contribution in [0.2, 0.25) is 0 Å². The molecule has 0 aromatic heterocycles. The predicted octanol–water partition coefficient (Wildman–Crippen LogP) is 4.84. The molecule has 0 saturated carbocycles. The molecule has 2 aromatic carbocycles. The molecule has 0 bridgehead atoms. The molecule has 0 fully saturated rings. The van der Waals surface area contributed by atoms with Crippen LogP contribution in [-0.2, 0) is 11.2 Å². The Hall–Kier alpha value is -2.74. The maximum atomic E-state index is 12.0. The molecule has 0 aliphatic carbocycles. The molecule has 0 unspecified atom stereocenters. The minimum absolute atomic E-state index is 0.206. The smallest absolute Gasteiger partial charge is 0.141 e. The zero-order chi connectivity index (χ0) is 17.2. The van der Waals surface area contributed by atoms with E-state index in [4.69, 9.17) is 0 Å². The fraction of sp³-hybridized carbons (Fsp3) is 0.182. The number of ketones is 1. The molecule has 0 radical (unpaired) electrons. The Balaban J connectivity index is 1.86. The highest BCUT2D eigenvalue weighted by Crippen LogP contribution is 2.06. The average molecular weight is 317 g/mol. The Bertz CT molecular complexity index is 737. The van der Waals surface area contributed by atoms with Crippen molar-refractivity contribution in [3.05, 3.63) is 89.5 Å². The lowest BCUT2D eigenvalue weighted by Gasteiger charge is -2.00. The van der Waals surface area contributed by atoms with Gasteiger partial charge in [0.05, 0.1) is 5.71 Å². The van der Waals surface area contributed by atoms with E-state index in [2.05, 4.69) is 4.99 Å². The van der Waals surface area contributed by atoms with Crippen molar-refractivity contribution in [1.29, 1.82) is 0 Å². The van der Waals surface area contributed by atoms with Gasteiger partial charge in [-0.1, -0.05) is 72.3 Å². The standard InChI is InChI=1S/C22H23NO/c1-18-11-13-20(14-12-18)17-22(24)10-6-9-21(23-2)16-15-19-7-4-3-5-8-19/h3-9,11-16H,10,17H2,1-2H3/b9-6-,16-15+,23-21?. The van der Waals surface area contributed by atoms with Crippen molar-refractivity contribution in [3.8, 4) is 0 Å². The number of carbonyl (C=O) groups excluding carboxylic acids is 1. The lowest BCUT2D eigenvalue weighted by molar-refractivity contribution is -0.117. The van der Waals surface area contributed by atoms with Gasteiger partial charge < -0.3 is 0 Å². The Morgan fingerprint density at radius 1 is 1.00 bits per heavy atom. The van der Waals surface area contributed by atoms with Crippen molar-refractivity contribution in [2.24, 2.45) is 4.99 Å². The maximum absolute atomic E-state index is 12.0. The molecule has 24 heavy (non-hydrogen) atoms. The number of carbonyl (C=O) groups is 1. The number of hydrogen-bond acceptors (Lipinski definition) is 2. The van der Waals surface area contributed by atoms with E-state index in [1.54, 1.807) is 7.05 Å². The Labute approximate surface area is 144 Å². The summed E-state index contributed by atoms with van der Waals surface area (Å²) in [6.07, 6.45) is 8.65. The number of aryl methyl sites for hydroxylation is 1. The van der Waals surface area contributed by atoms with Gasteiger partial charge in [-0.25, -0.2) is 0 Å². The van der Waals surface area contributed by atoms with Gasteiger partial charge in [0.1, 0.15) is 5.78 Å². The van der Waals surface area contributed by atoms with Gasteiger partial charge >= 0.3 is 0 Å². The van der Waals surface area contributed by atoms with Crippen molar-refractivity contribution >= 4 is 17.6 Å². The largest absolute Gasteiger partial charge is 0.299 e. The van der Waals surface area contributed by atoms with Gasteiger partial charge in [-0.15, -0.1) is 0 Å². The number of rotatable bonds is 7. The Kier molecular flexibility index (Phi) is 6.91. The minimum Gasteiger partial charge on any atom is -0.299 e. The molecule has 0 saturated heterocycles. The predicted molar refractivity (Wildman–Crippen MR) is 102 cm³/mol. The van der Waals surface area contributed by atoms with E-state index in [0.29, 0.717) is 12.8 Å². The molecular weight excluding hydrogens is 294 g/mol. The third-order valence-electron chi connectivity index (χ3n) is 3.66. The lowest BCUT2D eigenvalue weighted by Crippen LogP contribution is -2.01. The van der Waals surface area contributed by atoms with E-state index in [1.807, 2.05) is 85.8 Å². The number of aliphatic imine (C=N–C) groups is 1. The average Bonchev–Trinajstić information content (AvgIpc) is 2.61. The van der Waals surface area contributed by atoms with Crippen molar-refractivity contribution in [2.75, 3.05) is 7.05 Å². The molecule has 2 nitrogen and oxygen atoms in total. The van der Waals surface area contributed by atoms with Crippen molar-refractivity contribution in [2.45, 2.75) is 19.8 Å². The van der Waals surface area contributed by atoms with Gasteiger partial charge in [-0.3, -0.25) is 9.79 Å². The van der Waals surface area contributed by atoms with Gasteiger partial charge in [0.15, 0.2) is 0 Å². The van der Waals surface area contributed by atoms with Crippen LogP contribution in [0.4, 0.5) is 0 Å². The summed E-state index contributed by atoms with van der Waals surface area (Å²) in [7, 11) is 1.75. The van der Waals surface area contributed by atoms with Crippen LogP contribution in [-0.4, -0.2) is 18.5 Å². The molecule has 2 rings (SSSR count). The van der Waals surface area contributed by atoms with Crippen molar-refractivity contribution in [1.82, 2.24) is 0 Å². The van der Waals surface area contributed by atoms with Gasteiger partial charge in [-0.2, -0.15) is 0 Å². The molecule has 0 atom stereocenters. The third-order valence-corrected chi connectivity index (χ3v) is 3.66. The highest BCUT2D eigenvalue weighted by Gasteiger charge is 2.01. The van der Waals surface area contributed by atoms with Crippen LogP contribution in [0.15, 0.2) is 77.8 Å². The van der Waals surface area contributed by atoms with Crippen LogP contribution in [0.25, 0.3) is 6.08 Å². The Morgan fingerprint density at radius 3 is 2.38 bits per heavy atom. The van der Waals surface area contributed by atoms with E-state index in [1.165, 1.54) is 5.56 Å². The molecule has 0 aliphatic heterocycles. The summed E-state index contributed by atoms with van der Waals surface area (Å²) in [5, 5.41) is 0. The summed E-state index contributed by atoms with van der Waals surface area (Å²) in [6, 6.07) is 18.2. The second-order valence-electron chi connectivity index (χ2n) is 5.70. The summed E-state index contributed by atoms with van der Waals surface area (Å²) >= 11 is 0. The molecule has 0 aliphatic rings. The second-order valence-corrected chi connectivity index (χ2v) is 5.70. The number of benzene rings is 2. The van der Waals surface area contributed by atoms with Gasteiger partial charge in [0, 0.05) is 19.9 Å². The summed E-state index contributed by atoms with van der Waals surface area (Å²) < 4.78 is 0. The molecule has 2 heteroatoms. The van der Waals surface area contributed by atoms with Gasteiger partial charge in [-0.05, 0) is 30.2 Å². The third kappa shape index (κ3) is 6.17. The highest BCUT2D eigenvalue weighted by atomic mass is 16.1. The van der Waals surface area contributed by atoms with Crippen LogP contribution in [0.1, 0.15) is 23.1 Å². The second kappa shape index (κ2) is 9.41. The molecular formula is C22H23NO. The first-order valence-corrected chi connectivity index (χ1v) is 8.11. The molecule has 0 amide bonds. The Morgan fingerprint density at radius 2 is 1.71 bits per heavy atom. The summed E-state index contributed by atoms with van der Waals surface area (Å²) in [5.74, 6) is 0.206. The maximum Gasteiger partial charge on any atom is 0.141 e. The fourth-order valence-corrected chi connectivity index (χ4v) is 2.27. The van der Waals surface area contributed by atoms with E-state index >= 15 is 0 Å². The quantitative estimate of drug-likeness (QED) is 0.672. The number of nitrogens with zero attached hydrogens (tertiary/aromatic N) is 1. The molecule has 122 valence electrons. The normalized spacial score (nSPS) is 12.2.